The van der Waals surface area contributed by atoms with Gasteiger partial charge in [0.2, 0.25) is 0 Å². The maximum absolute atomic E-state index is 12.5. The zero-order chi connectivity index (χ0) is 14.4. The number of aromatic nitrogens is 1. The Kier molecular flexibility index (Phi) is 5.80. The number of hydrogen-bond acceptors (Lipinski definition) is 3. The van der Waals surface area contributed by atoms with E-state index in [0.29, 0.717) is 11.6 Å². The molecule has 0 radical (unpaired) electrons. The summed E-state index contributed by atoms with van der Waals surface area (Å²) in [6, 6.07) is 5.70. The Labute approximate surface area is 116 Å². The normalized spacial score (nSPS) is 10.9. The first-order valence-corrected chi connectivity index (χ1v) is 6.97. The van der Waals surface area contributed by atoms with E-state index in [9.17, 15) is 4.79 Å². The highest BCUT2D eigenvalue weighted by molar-refractivity contribution is 5.92. The van der Waals surface area contributed by atoms with Crippen LogP contribution in [-0.4, -0.2) is 34.9 Å². The van der Waals surface area contributed by atoms with Crippen LogP contribution < -0.4 is 5.32 Å². The largest absolute Gasteiger partial charge is 0.370 e. The fourth-order valence-corrected chi connectivity index (χ4v) is 1.90. The maximum atomic E-state index is 12.5. The fraction of sp³-hybridized carbons (Fsp3) is 0.600. The van der Waals surface area contributed by atoms with Crippen LogP contribution in [0.25, 0.3) is 0 Å². The standard InChI is InChI=1S/C15H25N3O/c1-6-16-14-9-7-8-13(17-14)15(19)18(12(4)5)10-11(2)3/h7-9,11-12H,6,10H2,1-5H3,(H,16,17). The van der Waals surface area contributed by atoms with Gasteiger partial charge in [-0.25, -0.2) is 4.98 Å². The number of amides is 1. The lowest BCUT2D eigenvalue weighted by Gasteiger charge is -2.28. The van der Waals surface area contributed by atoms with Gasteiger partial charge in [0.1, 0.15) is 11.5 Å². The summed E-state index contributed by atoms with van der Waals surface area (Å²) >= 11 is 0. The van der Waals surface area contributed by atoms with Crippen molar-refractivity contribution in [2.45, 2.75) is 40.7 Å². The van der Waals surface area contributed by atoms with E-state index in [0.717, 1.165) is 18.9 Å². The molecule has 0 fully saturated rings. The zero-order valence-corrected chi connectivity index (χ0v) is 12.6. The summed E-state index contributed by atoms with van der Waals surface area (Å²) in [5.74, 6) is 1.20. The second kappa shape index (κ2) is 7.12. The van der Waals surface area contributed by atoms with E-state index in [1.807, 2.05) is 37.8 Å². The number of rotatable bonds is 6. The lowest BCUT2D eigenvalue weighted by Crippen LogP contribution is -2.39. The molecule has 106 valence electrons. The van der Waals surface area contributed by atoms with Crippen molar-refractivity contribution < 1.29 is 4.79 Å². The number of carbonyl (C=O) groups is 1. The average Bonchev–Trinajstić information content (AvgIpc) is 2.35. The Morgan fingerprint density at radius 3 is 2.53 bits per heavy atom. The molecule has 0 saturated heterocycles. The molecule has 4 nitrogen and oxygen atoms in total. The van der Waals surface area contributed by atoms with Gasteiger partial charge in [0, 0.05) is 19.1 Å². The second-order valence-electron chi connectivity index (χ2n) is 5.38. The van der Waals surface area contributed by atoms with Crippen molar-refractivity contribution in [2.24, 2.45) is 5.92 Å². The van der Waals surface area contributed by atoms with E-state index in [1.165, 1.54) is 0 Å². The summed E-state index contributed by atoms with van der Waals surface area (Å²) in [6.07, 6.45) is 0. The van der Waals surface area contributed by atoms with Gasteiger partial charge in [-0.05, 0) is 38.8 Å². The van der Waals surface area contributed by atoms with Crippen LogP contribution in [-0.2, 0) is 0 Å². The third kappa shape index (κ3) is 4.54. The summed E-state index contributed by atoms with van der Waals surface area (Å²) in [4.78, 5) is 18.8. The van der Waals surface area contributed by atoms with E-state index < -0.39 is 0 Å². The molecule has 1 amide bonds. The van der Waals surface area contributed by atoms with Crippen LogP contribution in [0.1, 0.15) is 45.1 Å². The van der Waals surface area contributed by atoms with Gasteiger partial charge < -0.3 is 10.2 Å². The summed E-state index contributed by atoms with van der Waals surface area (Å²) in [5.41, 5.74) is 0.507. The average molecular weight is 263 g/mol. The van der Waals surface area contributed by atoms with E-state index >= 15 is 0 Å². The smallest absolute Gasteiger partial charge is 0.272 e. The van der Waals surface area contributed by atoms with Crippen molar-refractivity contribution in [3.63, 3.8) is 0 Å². The second-order valence-corrected chi connectivity index (χ2v) is 5.38. The van der Waals surface area contributed by atoms with Crippen LogP contribution in [0.3, 0.4) is 0 Å². The van der Waals surface area contributed by atoms with Gasteiger partial charge >= 0.3 is 0 Å². The van der Waals surface area contributed by atoms with Crippen molar-refractivity contribution in [3.8, 4) is 0 Å². The molecule has 0 bridgehead atoms. The third-order valence-electron chi connectivity index (χ3n) is 2.77. The first kappa shape index (κ1) is 15.5. The van der Waals surface area contributed by atoms with Crippen LogP contribution in [0.15, 0.2) is 18.2 Å². The van der Waals surface area contributed by atoms with Gasteiger partial charge in [-0.15, -0.1) is 0 Å². The van der Waals surface area contributed by atoms with E-state index in [-0.39, 0.29) is 11.9 Å². The summed E-state index contributed by atoms with van der Waals surface area (Å²) in [6.45, 7) is 11.9. The lowest BCUT2D eigenvalue weighted by atomic mass is 10.1. The van der Waals surface area contributed by atoms with E-state index in [1.54, 1.807) is 6.07 Å². The number of hydrogen-bond donors (Lipinski definition) is 1. The van der Waals surface area contributed by atoms with Gasteiger partial charge in [-0.2, -0.15) is 0 Å². The molecule has 1 aromatic heterocycles. The molecule has 0 spiro atoms. The van der Waals surface area contributed by atoms with Crippen LogP contribution in [0, 0.1) is 5.92 Å². The quantitative estimate of drug-likeness (QED) is 0.858. The minimum atomic E-state index is 0.00320. The number of nitrogens with zero attached hydrogens (tertiary/aromatic N) is 2. The van der Waals surface area contributed by atoms with E-state index in [2.05, 4.69) is 24.1 Å². The summed E-state index contributed by atoms with van der Waals surface area (Å²) in [7, 11) is 0. The van der Waals surface area contributed by atoms with Crippen LogP contribution in [0.4, 0.5) is 5.82 Å². The molecule has 0 unspecified atom stereocenters. The summed E-state index contributed by atoms with van der Waals surface area (Å²) < 4.78 is 0. The Balaban J connectivity index is 2.92. The molecular formula is C15H25N3O. The maximum Gasteiger partial charge on any atom is 0.272 e. The monoisotopic (exact) mass is 263 g/mol. The van der Waals surface area contributed by atoms with Gasteiger partial charge in [0.25, 0.3) is 5.91 Å². The van der Waals surface area contributed by atoms with Crippen molar-refractivity contribution in [2.75, 3.05) is 18.4 Å². The predicted octanol–water partition coefficient (Wildman–Crippen LogP) is 3.02. The highest BCUT2D eigenvalue weighted by Crippen LogP contribution is 2.12. The molecule has 4 heteroatoms. The van der Waals surface area contributed by atoms with Crippen molar-refractivity contribution in [3.05, 3.63) is 23.9 Å². The highest BCUT2D eigenvalue weighted by atomic mass is 16.2. The SMILES string of the molecule is CCNc1cccc(C(=O)N(CC(C)C)C(C)C)n1. The zero-order valence-electron chi connectivity index (χ0n) is 12.6. The molecule has 0 aromatic carbocycles. The van der Waals surface area contributed by atoms with E-state index in [4.69, 9.17) is 0 Å². The third-order valence-corrected chi connectivity index (χ3v) is 2.77. The molecule has 1 N–H and O–H groups in total. The van der Waals surface area contributed by atoms with Gasteiger partial charge in [-0.3, -0.25) is 4.79 Å². The van der Waals surface area contributed by atoms with Crippen molar-refractivity contribution in [1.29, 1.82) is 0 Å². The molecule has 1 rings (SSSR count). The first-order valence-electron chi connectivity index (χ1n) is 6.97. The minimum Gasteiger partial charge on any atom is -0.370 e. The van der Waals surface area contributed by atoms with Gasteiger partial charge in [-0.1, -0.05) is 19.9 Å². The molecule has 0 atom stereocenters. The molecule has 0 aliphatic carbocycles. The number of anilines is 1. The first-order chi connectivity index (χ1) is 8.95. The molecule has 1 aromatic rings. The Bertz CT molecular complexity index is 416. The van der Waals surface area contributed by atoms with Crippen molar-refractivity contribution in [1.82, 2.24) is 9.88 Å². The van der Waals surface area contributed by atoms with Crippen molar-refractivity contribution >= 4 is 11.7 Å². The molecule has 0 aliphatic heterocycles. The van der Waals surface area contributed by atoms with Crippen LogP contribution in [0.5, 0.6) is 0 Å². The Hall–Kier alpha value is -1.58. The Morgan fingerprint density at radius 2 is 2.00 bits per heavy atom. The topological polar surface area (TPSA) is 45.2 Å². The number of carbonyl (C=O) groups excluding carboxylic acids is 1. The molecule has 0 saturated carbocycles. The highest BCUT2D eigenvalue weighted by Gasteiger charge is 2.20. The molecule has 19 heavy (non-hydrogen) atoms. The Morgan fingerprint density at radius 1 is 1.32 bits per heavy atom. The number of nitrogens with one attached hydrogen (secondary N) is 1. The predicted molar refractivity (Wildman–Crippen MR) is 79.4 cm³/mol. The van der Waals surface area contributed by atoms with Crippen LogP contribution >= 0.6 is 0 Å². The summed E-state index contributed by atoms with van der Waals surface area (Å²) in [5, 5.41) is 3.13. The lowest BCUT2D eigenvalue weighted by molar-refractivity contribution is 0.0676. The van der Waals surface area contributed by atoms with Gasteiger partial charge in [0.15, 0.2) is 0 Å². The fourth-order valence-electron chi connectivity index (χ4n) is 1.90. The van der Waals surface area contributed by atoms with Gasteiger partial charge in [0.05, 0.1) is 0 Å². The molecule has 1 heterocycles. The minimum absolute atomic E-state index is 0.00320. The van der Waals surface area contributed by atoms with Crippen LogP contribution in [0.2, 0.25) is 0 Å². The molecule has 0 aliphatic rings. The molecular weight excluding hydrogens is 238 g/mol. The number of pyridine rings is 1.